The lowest BCUT2D eigenvalue weighted by atomic mass is 10.2. The van der Waals surface area contributed by atoms with Crippen LogP contribution in [0, 0.1) is 0 Å². The molecule has 2 saturated heterocycles. The fourth-order valence-electron chi connectivity index (χ4n) is 3.94. The van der Waals surface area contributed by atoms with Gasteiger partial charge in [0, 0.05) is 43.3 Å². The lowest BCUT2D eigenvalue weighted by Gasteiger charge is -2.23. The van der Waals surface area contributed by atoms with E-state index in [1.165, 1.54) is 25.9 Å². The summed E-state index contributed by atoms with van der Waals surface area (Å²) < 4.78 is 2.07. The molecule has 2 amide bonds. The Morgan fingerprint density at radius 1 is 1.17 bits per heavy atom. The molecule has 122 valence electrons. The van der Waals surface area contributed by atoms with Gasteiger partial charge in [-0.15, -0.1) is 0 Å². The molecule has 0 spiro atoms. The van der Waals surface area contributed by atoms with E-state index in [9.17, 15) is 4.79 Å². The molecular weight excluding hydrogens is 288 g/mol. The zero-order valence-electron chi connectivity index (χ0n) is 13.7. The van der Waals surface area contributed by atoms with Crippen LogP contribution >= 0.6 is 0 Å². The van der Waals surface area contributed by atoms with Crippen LogP contribution in [-0.2, 0) is 7.05 Å². The summed E-state index contributed by atoms with van der Waals surface area (Å²) in [6, 6.07) is 8.69. The minimum atomic E-state index is 0.0306. The number of aromatic nitrogens is 1. The molecule has 2 fully saturated rings. The highest BCUT2D eigenvalue weighted by Crippen LogP contribution is 2.25. The van der Waals surface area contributed by atoms with Gasteiger partial charge in [0.1, 0.15) is 0 Å². The Hall–Kier alpha value is -2.01. The maximum absolute atomic E-state index is 12.6. The number of benzene rings is 1. The Morgan fingerprint density at radius 3 is 2.83 bits per heavy atom. The van der Waals surface area contributed by atoms with Crippen molar-refractivity contribution >= 4 is 22.6 Å². The van der Waals surface area contributed by atoms with Crippen molar-refractivity contribution in [1.29, 1.82) is 0 Å². The zero-order valence-corrected chi connectivity index (χ0v) is 13.7. The number of aryl methyl sites for hydroxylation is 1. The summed E-state index contributed by atoms with van der Waals surface area (Å²) in [5.41, 5.74) is 2.04. The lowest BCUT2D eigenvalue weighted by molar-refractivity contribution is 0.210. The van der Waals surface area contributed by atoms with Gasteiger partial charge in [-0.25, -0.2) is 4.79 Å². The number of rotatable bonds is 2. The molecule has 1 atom stereocenters. The summed E-state index contributed by atoms with van der Waals surface area (Å²) >= 11 is 0. The molecule has 2 aromatic rings. The normalized spacial score (nSPS) is 22.1. The molecule has 2 aliphatic heterocycles. The second kappa shape index (κ2) is 5.89. The molecule has 0 saturated carbocycles. The first-order chi connectivity index (χ1) is 11.2. The maximum atomic E-state index is 12.6. The van der Waals surface area contributed by atoms with Crippen LogP contribution in [0.3, 0.4) is 0 Å². The molecule has 3 heterocycles. The molecule has 0 radical (unpaired) electrons. The molecule has 5 nitrogen and oxygen atoms in total. The number of nitrogens with one attached hydrogen (secondary N) is 1. The van der Waals surface area contributed by atoms with Crippen LogP contribution in [0.25, 0.3) is 10.9 Å². The van der Waals surface area contributed by atoms with Gasteiger partial charge in [-0.05, 0) is 50.6 Å². The number of nitrogens with zero attached hydrogens (tertiary/aromatic N) is 3. The predicted octanol–water partition coefficient (Wildman–Crippen LogP) is 2.88. The number of amides is 2. The Balaban J connectivity index is 1.45. The molecule has 2 aliphatic rings. The molecule has 0 aliphatic carbocycles. The van der Waals surface area contributed by atoms with Crippen molar-refractivity contribution in [3.8, 4) is 0 Å². The van der Waals surface area contributed by atoms with Crippen molar-refractivity contribution in [3.05, 3.63) is 30.5 Å². The van der Waals surface area contributed by atoms with Gasteiger partial charge in [0.15, 0.2) is 0 Å². The van der Waals surface area contributed by atoms with E-state index in [0.717, 1.165) is 36.1 Å². The molecule has 1 aromatic carbocycles. The first-order valence-electron chi connectivity index (χ1n) is 8.56. The molecule has 1 aromatic heterocycles. The van der Waals surface area contributed by atoms with Crippen molar-refractivity contribution in [1.82, 2.24) is 14.4 Å². The average Bonchev–Trinajstić information content (AvgIpc) is 3.28. The Labute approximate surface area is 136 Å². The monoisotopic (exact) mass is 312 g/mol. The van der Waals surface area contributed by atoms with E-state index in [1.54, 1.807) is 0 Å². The minimum absolute atomic E-state index is 0.0306. The number of urea groups is 1. The average molecular weight is 312 g/mol. The van der Waals surface area contributed by atoms with E-state index in [-0.39, 0.29) is 6.03 Å². The third kappa shape index (κ3) is 2.70. The first-order valence-corrected chi connectivity index (χ1v) is 8.56. The van der Waals surface area contributed by atoms with E-state index in [2.05, 4.69) is 26.9 Å². The third-order valence-corrected chi connectivity index (χ3v) is 5.28. The van der Waals surface area contributed by atoms with Gasteiger partial charge >= 0.3 is 6.03 Å². The maximum Gasteiger partial charge on any atom is 0.321 e. The van der Waals surface area contributed by atoms with Crippen LogP contribution in [-0.4, -0.2) is 52.6 Å². The molecule has 1 N–H and O–H groups in total. The van der Waals surface area contributed by atoms with Crippen LogP contribution in [0.4, 0.5) is 10.5 Å². The summed E-state index contributed by atoms with van der Waals surface area (Å²) in [5.74, 6) is 0. The van der Waals surface area contributed by atoms with Gasteiger partial charge in [-0.3, -0.25) is 4.90 Å². The predicted molar refractivity (Wildman–Crippen MR) is 92.7 cm³/mol. The van der Waals surface area contributed by atoms with Crippen molar-refractivity contribution in [2.75, 3.05) is 31.5 Å². The summed E-state index contributed by atoms with van der Waals surface area (Å²) in [6.07, 6.45) is 5.74. The van der Waals surface area contributed by atoms with Crippen LogP contribution in [0.1, 0.15) is 19.3 Å². The fraction of sp³-hybridized carbons (Fsp3) is 0.500. The van der Waals surface area contributed by atoms with E-state index >= 15 is 0 Å². The van der Waals surface area contributed by atoms with E-state index in [0.29, 0.717) is 6.04 Å². The van der Waals surface area contributed by atoms with Crippen molar-refractivity contribution in [3.63, 3.8) is 0 Å². The van der Waals surface area contributed by atoms with Crippen LogP contribution < -0.4 is 5.32 Å². The van der Waals surface area contributed by atoms with E-state index in [4.69, 9.17) is 0 Å². The number of hydrogen-bond acceptors (Lipinski definition) is 2. The summed E-state index contributed by atoms with van der Waals surface area (Å²) in [6.45, 7) is 4.11. The number of carbonyl (C=O) groups is 1. The van der Waals surface area contributed by atoms with Crippen LogP contribution in [0.5, 0.6) is 0 Å². The molecule has 0 bridgehead atoms. The summed E-state index contributed by atoms with van der Waals surface area (Å²) in [7, 11) is 2.02. The van der Waals surface area contributed by atoms with Crippen LogP contribution in [0.2, 0.25) is 0 Å². The Bertz CT molecular complexity index is 717. The number of hydrogen-bond donors (Lipinski definition) is 1. The van der Waals surface area contributed by atoms with Crippen molar-refractivity contribution < 1.29 is 4.79 Å². The molecule has 4 rings (SSSR count). The molecule has 5 heteroatoms. The van der Waals surface area contributed by atoms with Gasteiger partial charge in [0.25, 0.3) is 0 Å². The number of fused-ring (bicyclic) bond motifs is 1. The highest BCUT2D eigenvalue weighted by Gasteiger charge is 2.31. The van der Waals surface area contributed by atoms with Crippen molar-refractivity contribution in [2.45, 2.75) is 25.3 Å². The quantitative estimate of drug-likeness (QED) is 0.926. The second-order valence-electron chi connectivity index (χ2n) is 6.73. The van der Waals surface area contributed by atoms with Crippen molar-refractivity contribution in [2.24, 2.45) is 7.05 Å². The lowest BCUT2D eigenvalue weighted by Crippen LogP contribution is -2.38. The van der Waals surface area contributed by atoms with Gasteiger partial charge in [-0.2, -0.15) is 0 Å². The topological polar surface area (TPSA) is 40.5 Å². The minimum Gasteiger partial charge on any atom is -0.350 e. The fourth-order valence-corrected chi connectivity index (χ4v) is 3.94. The highest BCUT2D eigenvalue weighted by atomic mass is 16.2. The Kier molecular flexibility index (Phi) is 3.73. The first kappa shape index (κ1) is 14.6. The zero-order chi connectivity index (χ0) is 15.8. The Morgan fingerprint density at radius 2 is 2.00 bits per heavy atom. The third-order valence-electron chi connectivity index (χ3n) is 5.28. The summed E-state index contributed by atoms with van der Waals surface area (Å²) in [5, 5.41) is 4.20. The summed E-state index contributed by atoms with van der Waals surface area (Å²) in [4.78, 5) is 17.1. The molecule has 23 heavy (non-hydrogen) atoms. The highest BCUT2D eigenvalue weighted by molar-refractivity contribution is 6.00. The SMILES string of the molecule is Cn1ccc2c(NC(=O)N3CC[C@@H](N4CCCC4)C3)cccc21. The molecule has 0 unspecified atom stereocenters. The van der Waals surface area contributed by atoms with Gasteiger partial charge in [0.2, 0.25) is 0 Å². The van der Waals surface area contributed by atoms with Gasteiger partial charge in [-0.1, -0.05) is 6.07 Å². The van der Waals surface area contributed by atoms with Crippen LogP contribution in [0.15, 0.2) is 30.5 Å². The number of anilines is 1. The molecular formula is C18H24N4O. The largest absolute Gasteiger partial charge is 0.350 e. The second-order valence-corrected chi connectivity index (χ2v) is 6.73. The standard InChI is InChI=1S/C18H24N4O/c1-20-11-8-15-16(5-4-6-17(15)20)19-18(23)22-12-7-14(13-22)21-9-2-3-10-21/h4-6,8,11,14H,2-3,7,9-10,12-13H2,1H3,(H,19,23)/t14-/m1/s1. The number of carbonyl (C=O) groups excluding carboxylic acids is 1. The smallest absolute Gasteiger partial charge is 0.321 e. The van der Waals surface area contributed by atoms with Gasteiger partial charge < -0.3 is 14.8 Å². The van der Waals surface area contributed by atoms with E-state index in [1.807, 2.05) is 30.3 Å². The number of likely N-dealkylation sites (tertiary alicyclic amines) is 2. The van der Waals surface area contributed by atoms with E-state index < -0.39 is 0 Å². The van der Waals surface area contributed by atoms with Gasteiger partial charge in [0.05, 0.1) is 5.69 Å².